The van der Waals surface area contributed by atoms with Crippen molar-refractivity contribution in [3.8, 4) is 0 Å². The van der Waals surface area contributed by atoms with E-state index in [4.69, 9.17) is 5.11 Å². The van der Waals surface area contributed by atoms with Gasteiger partial charge in [-0.25, -0.2) is 8.42 Å². The number of aliphatic hydroxyl groups is 1. The molecule has 2 aromatic carbocycles. The number of anilines is 1. The minimum atomic E-state index is -3.60. The van der Waals surface area contributed by atoms with E-state index in [0.717, 1.165) is 48.9 Å². The van der Waals surface area contributed by atoms with Crippen LogP contribution in [0.15, 0.2) is 47.4 Å². The van der Waals surface area contributed by atoms with Crippen molar-refractivity contribution in [2.45, 2.75) is 43.5 Å². The number of para-hydroxylation sites is 1. The maximum atomic E-state index is 13.2. The highest BCUT2D eigenvalue weighted by molar-refractivity contribution is 7.92. The molecule has 0 spiro atoms. The van der Waals surface area contributed by atoms with Gasteiger partial charge < -0.3 is 10.4 Å². The Hall–Kier alpha value is -1.89. The lowest BCUT2D eigenvalue weighted by molar-refractivity contribution is 0.282. The molecule has 0 amide bonds. The molecule has 2 aromatic rings. The summed E-state index contributed by atoms with van der Waals surface area (Å²) in [4.78, 5) is 0.374. The third kappa shape index (κ3) is 4.03. The van der Waals surface area contributed by atoms with E-state index < -0.39 is 10.0 Å². The number of hydrogen-bond acceptors (Lipinski definition) is 4. The van der Waals surface area contributed by atoms with Crippen LogP contribution in [0, 0.1) is 6.92 Å². The molecule has 6 heteroatoms. The van der Waals surface area contributed by atoms with Crippen molar-refractivity contribution in [3.63, 3.8) is 0 Å². The molecule has 1 aliphatic heterocycles. The maximum Gasteiger partial charge on any atom is 0.264 e. The first kappa shape index (κ1) is 19.9. The van der Waals surface area contributed by atoms with Crippen LogP contribution in [0.4, 0.5) is 5.69 Å². The monoisotopic (exact) mass is 388 g/mol. The van der Waals surface area contributed by atoms with Crippen molar-refractivity contribution in [2.24, 2.45) is 0 Å². The van der Waals surface area contributed by atoms with Crippen LogP contribution in [0.2, 0.25) is 0 Å². The second kappa shape index (κ2) is 8.42. The molecule has 1 unspecified atom stereocenters. The van der Waals surface area contributed by atoms with Crippen LogP contribution in [0.5, 0.6) is 0 Å². The fraction of sp³-hybridized carbons (Fsp3) is 0.429. The number of hydrogen-bond donors (Lipinski definition) is 2. The summed E-state index contributed by atoms with van der Waals surface area (Å²) in [6.45, 7) is 2.94. The Balaban J connectivity index is 1.98. The first-order valence-corrected chi connectivity index (χ1v) is 10.9. The fourth-order valence-electron chi connectivity index (χ4n) is 3.62. The number of fused-ring (bicyclic) bond motifs is 2. The highest BCUT2D eigenvalue weighted by atomic mass is 32.2. The zero-order valence-electron chi connectivity index (χ0n) is 16.0. The summed E-state index contributed by atoms with van der Waals surface area (Å²) in [5.74, 6) is 0. The van der Waals surface area contributed by atoms with Gasteiger partial charge in [0.15, 0.2) is 0 Å². The highest BCUT2D eigenvalue weighted by Gasteiger charge is 2.34. The molecule has 1 heterocycles. The van der Waals surface area contributed by atoms with Crippen molar-refractivity contribution in [2.75, 3.05) is 24.5 Å². The first-order valence-electron chi connectivity index (χ1n) is 9.49. The van der Waals surface area contributed by atoms with Crippen LogP contribution in [0.3, 0.4) is 0 Å². The predicted molar refractivity (Wildman–Crippen MR) is 109 cm³/mol. The van der Waals surface area contributed by atoms with Gasteiger partial charge in [0, 0.05) is 13.7 Å². The molecule has 0 aromatic heterocycles. The van der Waals surface area contributed by atoms with Gasteiger partial charge >= 0.3 is 0 Å². The zero-order valence-corrected chi connectivity index (χ0v) is 16.8. The molecule has 1 aliphatic rings. The zero-order chi connectivity index (χ0) is 19.4. The minimum absolute atomic E-state index is 0.172. The van der Waals surface area contributed by atoms with Crippen LogP contribution < -0.4 is 9.62 Å². The Bertz CT molecular complexity index is 896. The third-order valence-corrected chi connectivity index (χ3v) is 6.97. The van der Waals surface area contributed by atoms with Gasteiger partial charge in [-0.2, -0.15) is 0 Å². The summed E-state index contributed by atoms with van der Waals surface area (Å²) in [5.41, 5.74) is 3.41. The Morgan fingerprint density at radius 2 is 1.78 bits per heavy atom. The number of benzene rings is 2. The number of rotatable bonds is 7. The van der Waals surface area contributed by atoms with Gasteiger partial charge in [-0.3, -0.25) is 4.31 Å². The van der Waals surface area contributed by atoms with Gasteiger partial charge in [0.1, 0.15) is 0 Å². The van der Waals surface area contributed by atoms with Gasteiger partial charge in [0.05, 0.1) is 16.6 Å². The lowest BCUT2D eigenvalue weighted by atomic mass is 9.96. The molecular formula is C21H28N2O3S. The van der Waals surface area contributed by atoms with Crippen LogP contribution in [0.1, 0.15) is 48.4 Å². The summed E-state index contributed by atoms with van der Waals surface area (Å²) in [6, 6.07) is 13.2. The number of unbranched alkanes of at least 4 members (excludes halogenated alkanes) is 3. The molecule has 0 bridgehead atoms. The first-order chi connectivity index (χ1) is 13.0. The van der Waals surface area contributed by atoms with Crippen molar-refractivity contribution in [1.29, 1.82) is 0 Å². The Labute approximate surface area is 162 Å². The molecule has 146 valence electrons. The van der Waals surface area contributed by atoms with Crippen LogP contribution >= 0.6 is 0 Å². The normalized spacial score (nSPS) is 17.9. The number of nitrogens with zero attached hydrogens (tertiary/aromatic N) is 1. The van der Waals surface area contributed by atoms with Gasteiger partial charge in [-0.05, 0) is 55.1 Å². The average Bonchev–Trinajstić information content (AvgIpc) is 2.73. The fourth-order valence-corrected chi connectivity index (χ4v) is 5.16. The van der Waals surface area contributed by atoms with Crippen molar-refractivity contribution >= 4 is 15.7 Å². The summed E-state index contributed by atoms with van der Waals surface area (Å²) in [6.07, 6.45) is 3.87. The van der Waals surface area contributed by atoms with E-state index in [1.807, 2.05) is 43.3 Å². The van der Waals surface area contributed by atoms with Crippen molar-refractivity contribution in [3.05, 3.63) is 59.2 Å². The molecular weight excluding hydrogens is 360 g/mol. The minimum Gasteiger partial charge on any atom is -0.396 e. The van der Waals surface area contributed by atoms with E-state index in [2.05, 4.69) is 5.32 Å². The van der Waals surface area contributed by atoms with E-state index in [1.54, 1.807) is 13.1 Å². The highest BCUT2D eigenvalue weighted by Crippen LogP contribution is 2.40. The maximum absolute atomic E-state index is 13.2. The average molecular weight is 389 g/mol. The molecule has 0 saturated heterocycles. The summed E-state index contributed by atoms with van der Waals surface area (Å²) in [5, 5.41) is 12.5. The standard InChI is InChI=1S/C21H28N2O3S/c1-16-11-12-18-20(15-16)27(25,26)23(2)19-10-6-5-9-17(19)21(18)22-13-7-3-4-8-14-24/h5-6,9-12,15,21-22,24H,3-4,7-8,13-14H2,1-2H3. The van der Waals surface area contributed by atoms with Crippen LogP contribution in [-0.4, -0.2) is 33.7 Å². The van der Waals surface area contributed by atoms with Crippen molar-refractivity contribution in [1.82, 2.24) is 5.32 Å². The summed E-state index contributed by atoms with van der Waals surface area (Å²) >= 11 is 0. The molecule has 3 rings (SSSR count). The van der Waals surface area contributed by atoms with E-state index in [1.165, 1.54) is 4.31 Å². The van der Waals surface area contributed by atoms with Gasteiger partial charge in [0.2, 0.25) is 0 Å². The van der Waals surface area contributed by atoms with Gasteiger partial charge in [-0.1, -0.05) is 43.2 Å². The quantitative estimate of drug-likeness (QED) is 0.714. The third-order valence-electron chi connectivity index (χ3n) is 5.14. The Morgan fingerprint density at radius 3 is 2.56 bits per heavy atom. The molecule has 0 radical (unpaired) electrons. The molecule has 0 saturated carbocycles. The molecule has 0 aliphatic carbocycles. The number of aliphatic hydroxyl groups excluding tert-OH is 1. The number of aryl methyl sites for hydroxylation is 1. The molecule has 27 heavy (non-hydrogen) atoms. The Kier molecular flexibility index (Phi) is 6.19. The van der Waals surface area contributed by atoms with E-state index in [0.29, 0.717) is 10.6 Å². The number of sulfonamides is 1. The summed E-state index contributed by atoms with van der Waals surface area (Å²) in [7, 11) is -1.98. The molecule has 5 nitrogen and oxygen atoms in total. The lowest BCUT2D eigenvalue weighted by Gasteiger charge is -2.22. The molecule has 1 atom stereocenters. The van der Waals surface area contributed by atoms with Gasteiger partial charge in [-0.15, -0.1) is 0 Å². The summed E-state index contributed by atoms with van der Waals surface area (Å²) < 4.78 is 27.8. The molecule has 0 fully saturated rings. The predicted octanol–water partition coefficient (Wildman–Crippen LogP) is 3.37. The Morgan fingerprint density at radius 1 is 1.04 bits per heavy atom. The lowest BCUT2D eigenvalue weighted by Crippen LogP contribution is -2.26. The second-order valence-electron chi connectivity index (χ2n) is 7.10. The van der Waals surface area contributed by atoms with E-state index in [-0.39, 0.29) is 12.6 Å². The topological polar surface area (TPSA) is 69.6 Å². The van der Waals surface area contributed by atoms with E-state index in [9.17, 15) is 8.42 Å². The van der Waals surface area contributed by atoms with Gasteiger partial charge in [0.25, 0.3) is 10.0 Å². The SMILES string of the molecule is Cc1ccc2c(c1)S(=O)(=O)N(C)c1ccccc1C2NCCCCCCO. The van der Waals surface area contributed by atoms with Crippen molar-refractivity contribution < 1.29 is 13.5 Å². The van der Waals surface area contributed by atoms with Crippen LogP contribution in [0.25, 0.3) is 0 Å². The molecule has 2 N–H and O–H groups in total. The second-order valence-corrected chi connectivity index (χ2v) is 9.04. The number of nitrogens with one attached hydrogen (secondary N) is 1. The van der Waals surface area contributed by atoms with E-state index >= 15 is 0 Å². The smallest absolute Gasteiger partial charge is 0.264 e. The largest absolute Gasteiger partial charge is 0.396 e. The van der Waals surface area contributed by atoms with Crippen LogP contribution in [-0.2, 0) is 10.0 Å².